The summed E-state index contributed by atoms with van der Waals surface area (Å²) in [5.41, 5.74) is 1.72. The lowest BCUT2D eigenvalue weighted by molar-refractivity contribution is -0.141. The molecule has 0 aliphatic heterocycles. The van der Waals surface area contributed by atoms with E-state index in [1.807, 2.05) is 27.7 Å². The summed E-state index contributed by atoms with van der Waals surface area (Å²) in [6.07, 6.45) is 1.14. The molecule has 0 bridgehead atoms. The van der Waals surface area contributed by atoms with Crippen LogP contribution in [-0.4, -0.2) is 55.1 Å². The highest BCUT2D eigenvalue weighted by Crippen LogP contribution is 2.18. The van der Waals surface area contributed by atoms with Gasteiger partial charge in [0.1, 0.15) is 6.04 Å². The molecule has 2 aromatic rings. The van der Waals surface area contributed by atoms with E-state index in [4.69, 9.17) is 11.6 Å². The van der Waals surface area contributed by atoms with E-state index in [0.717, 1.165) is 21.9 Å². The summed E-state index contributed by atoms with van der Waals surface area (Å²) in [5.74, 6) is -0.720. The number of carbonyl (C=O) groups is 2. The van der Waals surface area contributed by atoms with Crippen LogP contribution in [0.1, 0.15) is 44.7 Å². The Hall–Kier alpha value is -2.42. The third-order valence-corrected chi connectivity index (χ3v) is 7.81. The predicted molar refractivity (Wildman–Crippen MR) is 135 cm³/mol. The summed E-state index contributed by atoms with van der Waals surface area (Å²) >= 11 is 5.99. The molecule has 2 amide bonds. The van der Waals surface area contributed by atoms with Crippen LogP contribution in [0.15, 0.2) is 53.4 Å². The fourth-order valence-electron chi connectivity index (χ4n) is 3.40. The van der Waals surface area contributed by atoms with Crippen LogP contribution in [-0.2, 0) is 26.2 Å². The zero-order chi connectivity index (χ0) is 25.5. The van der Waals surface area contributed by atoms with Crippen LogP contribution >= 0.6 is 11.6 Å². The molecule has 0 aromatic heterocycles. The molecule has 2 rings (SSSR count). The molecule has 0 aliphatic rings. The first-order chi connectivity index (χ1) is 16.0. The van der Waals surface area contributed by atoms with Crippen LogP contribution in [0.2, 0.25) is 5.02 Å². The normalized spacial score (nSPS) is 13.4. The first-order valence-corrected chi connectivity index (χ1v) is 13.2. The molecule has 2 atom stereocenters. The van der Waals surface area contributed by atoms with E-state index >= 15 is 0 Å². The summed E-state index contributed by atoms with van der Waals surface area (Å²) in [6, 6.07) is 12.7. The molecule has 0 saturated carbocycles. The fraction of sp³-hybridized carbons (Fsp3) is 0.440. The average Bonchev–Trinajstić information content (AvgIpc) is 2.80. The average molecular weight is 508 g/mol. The van der Waals surface area contributed by atoms with Crippen LogP contribution < -0.4 is 5.32 Å². The number of hydrogen-bond donors (Lipinski definition) is 1. The van der Waals surface area contributed by atoms with Crippen molar-refractivity contribution in [2.45, 2.75) is 64.1 Å². The number of amides is 2. The lowest BCUT2D eigenvalue weighted by Crippen LogP contribution is -2.53. The van der Waals surface area contributed by atoms with Gasteiger partial charge in [0.25, 0.3) is 0 Å². The zero-order valence-corrected chi connectivity index (χ0v) is 22.0. The standard InChI is InChI=1S/C25H34ClN3O4S/c1-6-19(4)27-25(31)23(7-2)29(16-20-10-12-21(26)13-11-20)24(30)17-28(5)34(32,33)22-14-8-18(3)9-15-22/h8-15,19,23H,6-7,16-17H2,1-5H3,(H,27,31). The molecule has 0 aliphatic carbocycles. The molecule has 7 nitrogen and oxygen atoms in total. The summed E-state index contributed by atoms with van der Waals surface area (Å²) in [6.45, 7) is 7.33. The molecular formula is C25H34ClN3O4S. The molecule has 0 heterocycles. The number of aryl methyl sites for hydroxylation is 1. The fourth-order valence-corrected chi connectivity index (χ4v) is 4.65. The van der Waals surface area contributed by atoms with Crippen molar-refractivity contribution in [3.8, 4) is 0 Å². The number of nitrogens with zero attached hydrogens (tertiary/aromatic N) is 2. The van der Waals surface area contributed by atoms with Gasteiger partial charge >= 0.3 is 0 Å². The van der Waals surface area contributed by atoms with E-state index in [9.17, 15) is 18.0 Å². The largest absolute Gasteiger partial charge is 0.352 e. The highest BCUT2D eigenvalue weighted by atomic mass is 35.5. The number of nitrogens with one attached hydrogen (secondary N) is 1. The van der Waals surface area contributed by atoms with E-state index in [1.54, 1.807) is 36.4 Å². The molecule has 9 heteroatoms. The number of likely N-dealkylation sites (N-methyl/N-ethyl adjacent to an activating group) is 1. The zero-order valence-electron chi connectivity index (χ0n) is 20.4. The Morgan fingerprint density at radius 2 is 1.59 bits per heavy atom. The van der Waals surface area contributed by atoms with E-state index in [-0.39, 0.29) is 23.4 Å². The number of rotatable bonds is 11. The summed E-state index contributed by atoms with van der Waals surface area (Å²) in [4.78, 5) is 28.0. The van der Waals surface area contributed by atoms with Crippen LogP contribution in [0.5, 0.6) is 0 Å². The number of benzene rings is 2. The van der Waals surface area contributed by atoms with Gasteiger partial charge in [0.2, 0.25) is 21.8 Å². The van der Waals surface area contributed by atoms with Crippen LogP contribution in [0.4, 0.5) is 0 Å². The second-order valence-corrected chi connectivity index (χ2v) is 10.9. The predicted octanol–water partition coefficient (Wildman–Crippen LogP) is 3.99. The van der Waals surface area contributed by atoms with Crippen molar-refractivity contribution < 1.29 is 18.0 Å². The van der Waals surface area contributed by atoms with E-state index < -0.39 is 28.5 Å². The number of halogens is 1. The lowest BCUT2D eigenvalue weighted by atomic mass is 10.1. The Bertz CT molecular complexity index is 1070. The number of hydrogen-bond acceptors (Lipinski definition) is 4. The van der Waals surface area contributed by atoms with E-state index in [0.29, 0.717) is 11.4 Å². The highest BCUT2D eigenvalue weighted by Gasteiger charge is 2.32. The molecule has 1 N–H and O–H groups in total. The maximum Gasteiger partial charge on any atom is 0.243 e. The van der Waals surface area contributed by atoms with Crippen LogP contribution in [0.25, 0.3) is 0 Å². The maximum atomic E-state index is 13.4. The van der Waals surface area contributed by atoms with Gasteiger partial charge in [-0.25, -0.2) is 8.42 Å². The van der Waals surface area contributed by atoms with Crippen molar-refractivity contribution in [1.29, 1.82) is 0 Å². The Morgan fingerprint density at radius 1 is 1.00 bits per heavy atom. The Kier molecular flexibility index (Phi) is 10.1. The van der Waals surface area contributed by atoms with Crippen molar-refractivity contribution in [2.75, 3.05) is 13.6 Å². The minimum absolute atomic E-state index is 0.0429. The van der Waals surface area contributed by atoms with Gasteiger partial charge in [0.15, 0.2) is 0 Å². The minimum Gasteiger partial charge on any atom is -0.352 e. The molecule has 2 unspecified atom stereocenters. The third kappa shape index (κ3) is 7.29. The van der Waals surface area contributed by atoms with E-state index in [2.05, 4.69) is 5.32 Å². The molecule has 0 saturated heterocycles. The van der Waals surface area contributed by atoms with Crippen LogP contribution in [0, 0.1) is 6.92 Å². The van der Waals surface area contributed by atoms with Crippen LogP contribution in [0.3, 0.4) is 0 Å². The summed E-state index contributed by atoms with van der Waals surface area (Å²) < 4.78 is 27.1. The quantitative estimate of drug-likeness (QED) is 0.498. The van der Waals surface area contributed by atoms with Crippen molar-refractivity contribution in [1.82, 2.24) is 14.5 Å². The van der Waals surface area contributed by atoms with Crippen molar-refractivity contribution in [3.05, 3.63) is 64.7 Å². The molecular weight excluding hydrogens is 474 g/mol. The van der Waals surface area contributed by atoms with Gasteiger partial charge in [-0.15, -0.1) is 0 Å². The van der Waals surface area contributed by atoms with Crippen molar-refractivity contribution in [3.63, 3.8) is 0 Å². The number of sulfonamides is 1. The second-order valence-electron chi connectivity index (χ2n) is 8.46. The van der Waals surface area contributed by atoms with Gasteiger partial charge in [-0.2, -0.15) is 4.31 Å². The van der Waals surface area contributed by atoms with Gasteiger partial charge in [-0.3, -0.25) is 9.59 Å². The number of carbonyl (C=O) groups excluding carboxylic acids is 2. The Morgan fingerprint density at radius 3 is 2.12 bits per heavy atom. The van der Waals surface area contributed by atoms with Gasteiger partial charge < -0.3 is 10.2 Å². The summed E-state index contributed by atoms with van der Waals surface area (Å²) in [7, 11) is -2.50. The molecule has 0 radical (unpaired) electrons. The van der Waals surface area contributed by atoms with Gasteiger partial charge in [0.05, 0.1) is 11.4 Å². The molecule has 0 fully saturated rings. The Balaban J connectivity index is 2.32. The van der Waals surface area contributed by atoms with Crippen molar-refractivity contribution >= 4 is 33.4 Å². The third-order valence-electron chi connectivity index (χ3n) is 5.74. The maximum absolute atomic E-state index is 13.4. The Labute approximate surface area is 208 Å². The minimum atomic E-state index is -3.87. The SMILES string of the molecule is CCC(C)NC(=O)C(CC)N(Cc1ccc(Cl)cc1)C(=O)CN(C)S(=O)(=O)c1ccc(C)cc1. The van der Waals surface area contributed by atoms with E-state index in [1.165, 1.54) is 24.1 Å². The van der Waals surface area contributed by atoms with Gasteiger partial charge in [0, 0.05) is 24.7 Å². The first-order valence-electron chi connectivity index (χ1n) is 11.4. The van der Waals surface area contributed by atoms with Gasteiger partial charge in [-0.1, -0.05) is 55.3 Å². The molecule has 34 heavy (non-hydrogen) atoms. The monoisotopic (exact) mass is 507 g/mol. The van der Waals surface area contributed by atoms with Crippen molar-refractivity contribution in [2.24, 2.45) is 0 Å². The smallest absolute Gasteiger partial charge is 0.243 e. The summed E-state index contributed by atoms with van der Waals surface area (Å²) in [5, 5.41) is 3.50. The molecule has 0 spiro atoms. The van der Waals surface area contributed by atoms with Gasteiger partial charge in [-0.05, 0) is 56.5 Å². The highest BCUT2D eigenvalue weighted by molar-refractivity contribution is 7.89. The topological polar surface area (TPSA) is 86.8 Å². The molecule has 2 aromatic carbocycles. The molecule has 186 valence electrons. The first kappa shape index (κ1) is 27.8. The second kappa shape index (κ2) is 12.3. The lowest BCUT2D eigenvalue weighted by Gasteiger charge is -2.32.